The summed E-state index contributed by atoms with van der Waals surface area (Å²) in [5.41, 5.74) is -1.05. The van der Waals surface area contributed by atoms with Crippen LogP contribution >= 0.6 is 0 Å². The van der Waals surface area contributed by atoms with Crippen molar-refractivity contribution in [2.24, 2.45) is 0 Å². The van der Waals surface area contributed by atoms with E-state index in [0.717, 1.165) is 12.1 Å². The quantitative estimate of drug-likeness (QED) is 0.608. The Morgan fingerprint density at radius 1 is 1.17 bits per heavy atom. The lowest BCUT2D eigenvalue weighted by molar-refractivity contribution is -0.137. The van der Waals surface area contributed by atoms with Gasteiger partial charge in [-0.25, -0.2) is 4.39 Å². The number of nitrogens with zero attached hydrogens (tertiary/aromatic N) is 1. The Kier molecular flexibility index (Phi) is 4.65. The van der Waals surface area contributed by atoms with Crippen LogP contribution < -0.4 is 4.74 Å². The third-order valence-electron chi connectivity index (χ3n) is 2.96. The van der Waals surface area contributed by atoms with Gasteiger partial charge in [0.05, 0.1) is 17.2 Å². The van der Waals surface area contributed by atoms with Crippen molar-refractivity contribution in [2.45, 2.75) is 12.9 Å². The Morgan fingerprint density at radius 3 is 2.48 bits per heavy atom. The second-order valence-electron chi connectivity index (χ2n) is 4.58. The highest BCUT2D eigenvalue weighted by molar-refractivity contribution is 5.75. The van der Waals surface area contributed by atoms with Crippen molar-refractivity contribution in [2.75, 3.05) is 0 Å². The second kappa shape index (κ2) is 6.48. The average Bonchev–Trinajstić information content (AvgIpc) is 2.54. The average molecular weight is 323 g/mol. The van der Waals surface area contributed by atoms with E-state index in [1.807, 2.05) is 0 Å². The molecule has 0 radical (unpaired) electrons. The van der Waals surface area contributed by atoms with Gasteiger partial charge in [-0.05, 0) is 36.4 Å². The summed E-state index contributed by atoms with van der Waals surface area (Å²) < 4.78 is 56.7. The minimum absolute atomic E-state index is 0.0190. The van der Waals surface area contributed by atoms with E-state index < -0.39 is 18.4 Å². The van der Waals surface area contributed by atoms with E-state index in [4.69, 9.17) is 10.00 Å². The topological polar surface area (TPSA) is 50.1 Å². The number of nitriles is 1. The first-order chi connectivity index (χ1) is 10.9. The monoisotopic (exact) mass is 323 g/mol. The lowest BCUT2D eigenvalue weighted by Crippen LogP contribution is -2.05. The van der Waals surface area contributed by atoms with Gasteiger partial charge in [0, 0.05) is 11.1 Å². The summed E-state index contributed by atoms with van der Waals surface area (Å²) in [6.45, 7) is -0.957. The van der Waals surface area contributed by atoms with Gasteiger partial charge >= 0.3 is 6.18 Å². The van der Waals surface area contributed by atoms with E-state index in [-0.39, 0.29) is 28.2 Å². The number of hydrogen-bond donors (Lipinski definition) is 0. The van der Waals surface area contributed by atoms with Crippen LogP contribution in [0.5, 0.6) is 11.5 Å². The van der Waals surface area contributed by atoms with Crippen molar-refractivity contribution in [3.05, 3.63) is 58.7 Å². The Labute approximate surface area is 128 Å². The number of halogens is 4. The summed E-state index contributed by atoms with van der Waals surface area (Å²) in [4.78, 5) is 10.7. The molecule has 2 aromatic rings. The van der Waals surface area contributed by atoms with E-state index in [0.29, 0.717) is 12.4 Å². The Bertz CT molecular complexity index is 779. The molecule has 2 aromatic carbocycles. The molecule has 0 atom stereocenters. The molecular formula is C16H9F4NO2. The number of aldehydes is 1. The molecule has 0 saturated heterocycles. The molecule has 2 rings (SSSR count). The fourth-order valence-corrected chi connectivity index (χ4v) is 1.89. The minimum atomic E-state index is -4.64. The van der Waals surface area contributed by atoms with Crippen LogP contribution in [-0.2, 0) is 12.9 Å². The highest BCUT2D eigenvalue weighted by atomic mass is 19.4. The maximum atomic E-state index is 13.0. The van der Waals surface area contributed by atoms with Crippen molar-refractivity contribution in [1.29, 1.82) is 5.26 Å². The smallest absolute Gasteiger partial charge is 0.416 e. The standard InChI is InChI=1S/C16H9F4NO2/c17-7-12-3-10(9-22)1-2-15(12)23-14-5-11(8-21)4-13(6-14)16(18,19)20/h1-6,9H,7H2. The van der Waals surface area contributed by atoms with Crippen molar-refractivity contribution < 1.29 is 27.1 Å². The van der Waals surface area contributed by atoms with Crippen LogP contribution in [0.3, 0.4) is 0 Å². The fourth-order valence-electron chi connectivity index (χ4n) is 1.89. The molecule has 0 amide bonds. The van der Waals surface area contributed by atoms with Gasteiger partial charge in [0.2, 0.25) is 0 Å². The molecule has 0 heterocycles. The Morgan fingerprint density at radius 2 is 1.91 bits per heavy atom. The fraction of sp³-hybridized carbons (Fsp3) is 0.125. The lowest BCUT2D eigenvalue weighted by atomic mass is 10.1. The number of hydrogen-bond acceptors (Lipinski definition) is 3. The molecule has 3 nitrogen and oxygen atoms in total. The molecule has 23 heavy (non-hydrogen) atoms. The van der Waals surface area contributed by atoms with Crippen LogP contribution in [0.1, 0.15) is 27.0 Å². The van der Waals surface area contributed by atoms with Crippen molar-refractivity contribution in [1.82, 2.24) is 0 Å². The van der Waals surface area contributed by atoms with Crippen molar-refractivity contribution >= 4 is 6.29 Å². The largest absolute Gasteiger partial charge is 0.457 e. The number of carbonyl (C=O) groups is 1. The van der Waals surface area contributed by atoms with Crippen LogP contribution in [0.4, 0.5) is 17.6 Å². The molecular weight excluding hydrogens is 314 g/mol. The van der Waals surface area contributed by atoms with Gasteiger partial charge in [0.25, 0.3) is 0 Å². The second-order valence-corrected chi connectivity index (χ2v) is 4.58. The summed E-state index contributed by atoms with van der Waals surface area (Å²) in [6, 6.07) is 8.01. The van der Waals surface area contributed by atoms with E-state index in [9.17, 15) is 22.4 Å². The van der Waals surface area contributed by atoms with Crippen molar-refractivity contribution in [3.63, 3.8) is 0 Å². The maximum absolute atomic E-state index is 13.0. The van der Waals surface area contributed by atoms with Gasteiger partial charge in [-0.3, -0.25) is 4.79 Å². The molecule has 0 spiro atoms. The van der Waals surface area contributed by atoms with Gasteiger partial charge < -0.3 is 4.74 Å². The summed E-state index contributed by atoms with van der Waals surface area (Å²) in [5.74, 6) is -0.272. The first-order valence-corrected chi connectivity index (χ1v) is 6.31. The van der Waals surface area contributed by atoms with Crippen molar-refractivity contribution in [3.8, 4) is 17.6 Å². The SMILES string of the molecule is N#Cc1cc(Oc2ccc(C=O)cc2CF)cc(C(F)(F)F)c1. The molecule has 118 valence electrons. The van der Waals surface area contributed by atoms with E-state index in [1.165, 1.54) is 18.2 Å². The molecule has 0 bridgehead atoms. The number of ether oxygens (including phenoxy) is 1. The summed E-state index contributed by atoms with van der Waals surface area (Å²) in [6.07, 6.45) is -4.13. The Hall–Kier alpha value is -2.88. The highest BCUT2D eigenvalue weighted by Crippen LogP contribution is 2.35. The molecule has 0 aliphatic rings. The third kappa shape index (κ3) is 3.86. The number of rotatable bonds is 4. The zero-order valence-electron chi connectivity index (χ0n) is 11.5. The van der Waals surface area contributed by atoms with Gasteiger partial charge in [0.15, 0.2) is 0 Å². The normalized spacial score (nSPS) is 10.9. The number of alkyl halides is 4. The van der Waals surface area contributed by atoms with Gasteiger partial charge in [-0.2, -0.15) is 18.4 Å². The number of benzene rings is 2. The summed E-state index contributed by atoms with van der Waals surface area (Å²) in [7, 11) is 0. The Balaban J connectivity index is 2.44. The molecule has 0 saturated carbocycles. The van der Waals surface area contributed by atoms with Crippen LogP contribution in [0.15, 0.2) is 36.4 Å². The molecule has 0 aliphatic carbocycles. The summed E-state index contributed by atoms with van der Waals surface area (Å²) >= 11 is 0. The predicted molar refractivity (Wildman–Crippen MR) is 72.9 cm³/mol. The molecule has 0 aliphatic heterocycles. The summed E-state index contributed by atoms with van der Waals surface area (Å²) in [5, 5.41) is 8.82. The van der Waals surface area contributed by atoms with Crippen LogP contribution in [-0.4, -0.2) is 6.29 Å². The minimum Gasteiger partial charge on any atom is -0.457 e. The zero-order valence-corrected chi connectivity index (χ0v) is 11.5. The molecule has 0 fully saturated rings. The van der Waals surface area contributed by atoms with Crippen LogP contribution in [0.2, 0.25) is 0 Å². The maximum Gasteiger partial charge on any atom is 0.416 e. The molecule has 7 heteroatoms. The highest BCUT2D eigenvalue weighted by Gasteiger charge is 2.31. The molecule has 0 aromatic heterocycles. The first-order valence-electron chi connectivity index (χ1n) is 6.31. The third-order valence-corrected chi connectivity index (χ3v) is 2.96. The number of carbonyl (C=O) groups excluding carboxylic acids is 1. The van der Waals surface area contributed by atoms with Gasteiger partial charge in [-0.1, -0.05) is 0 Å². The predicted octanol–water partition coefficient (Wildman–Crippen LogP) is 4.65. The van der Waals surface area contributed by atoms with E-state index in [1.54, 1.807) is 6.07 Å². The van der Waals surface area contributed by atoms with Crippen LogP contribution in [0, 0.1) is 11.3 Å². The van der Waals surface area contributed by atoms with Gasteiger partial charge in [-0.15, -0.1) is 0 Å². The van der Waals surface area contributed by atoms with Crippen LogP contribution in [0.25, 0.3) is 0 Å². The zero-order chi connectivity index (χ0) is 17.0. The molecule has 0 N–H and O–H groups in total. The van der Waals surface area contributed by atoms with Gasteiger partial charge in [0.1, 0.15) is 24.5 Å². The molecule has 0 unspecified atom stereocenters. The van der Waals surface area contributed by atoms with E-state index in [2.05, 4.69) is 0 Å². The van der Waals surface area contributed by atoms with E-state index >= 15 is 0 Å². The lowest BCUT2D eigenvalue weighted by Gasteiger charge is -2.13. The first kappa shape index (κ1) is 16.5.